The van der Waals surface area contributed by atoms with Gasteiger partial charge in [0, 0.05) is 58.8 Å². The highest BCUT2D eigenvalue weighted by Gasteiger charge is 2.21. The van der Waals surface area contributed by atoms with Crippen LogP contribution in [0.3, 0.4) is 0 Å². The summed E-state index contributed by atoms with van der Waals surface area (Å²) < 4.78 is 11.5. The van der Waals surface area contributed by atoms with Crippen LogP contribution in [0.5, 0.6) is 0 Å². The molecule has 0 aliphatic heterocycles. The number of para-hydroxylation sites is 2. The topological polar surface area (TPSA) is 21.3 Å². The molecule has 62 heavy (non-hydrogen) atoms. The second kappa shape index (κ2) is 13.8. The molecule has 0 N–H and O–H groups in total. The van der Waals surface area contributed by atoms with Gasteiger partial charge in [-0.05, 0) is 100 Å². The van der Waals surface area contributed by atoms with E-state index >= 15 is 0 Å². The van der Waals surface area contributed by atoms with Crippen molar-refractivity contribution in [1.29, 1.82) is 0 Å². The zero-order valence-corrected chi connectivity index (χ0v) is 34.3. The van der Waals surface area contributed by atoms with Crippen LogP contribution in [0.25, 0.3) is 103 Å². The van der Waals surface area contributed by atoms with Crippen LogP contribution < -0.4 is 4.90 Å². The van der Waals surface area contributed by atoms with Crippen molar-refractivity contribution in [3.63, 3.8) is 0 Å². The Morgan fingerprint density at radius 1 is 0.387 bits per heavy atom. The lowest BCUT2D eigenvalue weighted by Gasteiger charge is -2.26. The van der Waals surface area contributed by atoms with Gasteiger partial charge in [-0.3, -0.25) is 0 Å². The molecule has 290 valence electrons. The van der Waals surface area contributed by atoms with Gasteiger partial charge in [0.05, 0.1) is 22.1 Å². The molecule has 3 aromatic heterocycles. The summed E-state index contributed by atoms with van der Waals surface area (Å²) in [4.78, 5) is 2.37. The number of aromatic nitrogens is 1. The number of fused-ring (bicyclic) bond motifs is 11. The Labute approximate surface area is 361 Å². The van der Waals surface area contributed by atoms with Crippen LogP contribution in [0.4, 0.5) is 17.1 Å². The summed E-state index contributed by atoms with van der Waals surface area (Å²) in [5, 5.41) is 9.82. The first-order valence-corrected chi connectivity index (χ1v) is 21.9. The number of hydrogen-bond acceptors (Lipinski definition) is 3. The number of hydrogen-bond donors (Lipinski definition) is 0. The summed E-state index contributed by atoms with van der Waals surface area (Å²) in [5.41, 5.74) is 13.3. The summed E-state index contributed by atoms with van der Waals surface area (Å²) >= 11 is 1.86. The van der Waals surface area contributed by atoms with Crippen LogP contribution in [0.2, 0.25) is 0 Å². The third-order valence-electron chi connectivity index (χ3n) is 12.6. The quantitative estimate of drug-likeness (QED) is 0.167. The summed E-state index contributed by atoms with van der Waals surface area (Å²) in [7, 11) is 0. The fourth-order valence-corrected chi connectivity index (χ4v) is 10.8. The van der Waals surface area contributed by atoms with Crippen LogP contribution in [0.1, 0.15) is 0 Å². The highest BCUT2D eigenvalue weighted by Crippen LogP contribution is 2.45. The third-order valence-corrected chi connectivity index (χ3v) is 13.7. The van der Waals surface area contributed by atoms with Gasteiger partial charge >= 0.3 is 0 Å². The molecule has 10 aromatic carbocycles. The van der Waals surface area contributed by atoms with E-state index < -0.39 is 0 Å². The summed E-state index contributed by atoms with van der Waals surface area (Å²) in [5.74, 6) is 0. The molecule has 0 atom stereocenters. The molecule has 0 radical (unpaired) electrons. The van der Waals surface area contributed by atoms with E-state index in [1.165, 1.54) is 69.4 Å². The molecule has 0 unspecified atom stereocenters. The monoisotopic (exact) mass is 808 g/mol. The number of thiophene rings is 1. The normalized spacial score (nSPS) is 11.9. The molecular formula is C58H36N2OS. The molecule has 0 spiro atoms. The molecule has 0 saturated heterocycles. The second-order valence-corrected chi connectivity index (χ2v) is 17.2. The number of benzene rings is 10. The maximum Gasteiger partial charge on any atom is 0.137 e. The van der Waals surface area contributed by atoms with Gasteiger partial charge in [-0.1, -0.05) is 146 Å². The molecule has 3 nitrogen and oxygen atoms in total. The lowest BCUT2D eigenvalue weighted by molar-refractivity contribution is 0.669. The number of anilines is 3. The highest BCUT2D eigenvalue weighted by molar-refractivity contribution is 7.25. The average molecular weight is 809 g/mol. The van der Waals surface area contributed by atoms with Crippen molar-refractivity contribution < 1.29 is 4.42 Å². The third kappa shape index (κ3) is 5.44. The maximum atomic E-state index is 6.42. The minimum atomic E-state index is 0.869. The molecule has 0 saturated carbocycles. The van der Waals surface area contributed by atoms with E-state index in [4.69, 9.17) is 4.42 Å². The fourth-order valence-electron chi connectivity index (χ4n) is 9.68. The first-order chi connectivity index (χ1) is 30.7. The van der Waals surface area contributed by atoms with Crippen LogP contribution in [-0.2, 0) is 0 Å². The van der Waals surface area contributed by atoms with Gasteiger partial charge in [-0.25, -0.2) is 0 Å². The van der Waals surface area contributed by atoms with Crippen molar-refractivity contribution in [2.75, 3.05) is 4.90 Å². The number of rotatable bonds is 6. The van der Waals surface area contributed by atoms with E-state index in [2.05, 4.69) is 222 Å². The van der Waals surface area contributed by atoms with Crippen molar-refractivity contribution in [3.8, 4) is 27.9 Å². The van der Waals surface area contributed by atoms with E-state index in [0.29, 0.717) is 0 Å². The van der Waals surface area contributed by atoms with Gasteiger partial charge in [-0.2, -0.15) is 0 Å². The van der Waals surface area contributed by atoms with Crippen LogP contribution >= 0.6 is 11.3 Å². The zero-order chi connectivity index (χ0) is 40.7. The first-order valence-electron chi connectivity index (χ1n) is 21.1. The van der Waals surface area contributed by atoms with Gasteiger partial charge < -0.3 is 13.9 Å². The van der Waals surface area contributed by atoms with Crippen molar-refractivity contribution in [1.82, 2.24) is 4.57 Å². The Morgan fingerprint density at radius 2 is 0.984 bits per heavy atom. The lowest BCUT2D eigenvalue weighted by atomic mass is 10.0. The van der Waals surface area contributed by atoms with Gasteiger partial charge in [0.1, 0.15) is 11.2 Å². The Kier molecular flexibility index (Phi) is 7.78. The largest absolute Gasteiger partial charge is 0.456 e. The van der Waals surface area contributed by atoms with Gasteiger partial charge in [0.2, 0.25) is 0 Å². The zero-order valence-electron chi connectivity index (χ0n) is 33.5. The smallest absolute Gasteiger partial charge is 0.137 e. The Bertz CT molecular complexity index is 3860. The highest BCUT2D eigenvalue weighted by atomic mass is 32.1. The minimum absolute atomic E-state index is 0.869. The van der Waals surface area contributed by atoms with Gasteiger partial charge in [-0.15, -0.1) is 11.3 Å². The van der Waals surface area contributed by atoms with E-state index in [-0.39, 0.29) is 0 Å². The molecule has 13 aromatic rings. The summed E-state index contributed by atoms with van der Waals surface area (Å²) in [6.07, 6.45) is 0. The molecule has 13 rings (SSSR count). The second-order valence-electron chi connectivity index (χ2n) is 16.1. The Hall–Kier alpha value is -7.92. The SMILES string of the molecule is c1ccc(-n2c3cc(-c4ccc(N(c5ccc(-c6ccc7c(c6)sc6ccccc67)cc5)c5cccc6oc7ccccc7c56)cc4)ccc3c3ccc4ccccc4c32)cc1. The molecule has 0 bridgehead atoms. The number of furan rings is 1. The fraction of sp³-hybridized carbons (Fsp3) is 0. The van der Waals surface area contributed by atoms with Crippen LogP contribution in [0.15, 0.2) is 223 Å². The molecule has 0 amide bonds. The molecule has 3 heterocycles. The molecule has 4 heteroatoms. The average Bonchev–Trinajstić information content (AvgIpc) is 4.02. The van der Waals surface area contributed by atoms with Crippen molar-refractivity contribution in [2.45, 2.75) is 0 Å². The van der Waals surface area contributed by atoms with E-state index in [9.17, 15) is 0 Å². The van der Waals surface area contributed by atoms with Crippen LogP contribution in [0, 0.1) is 0 Å². The van der Waals surface area contributed by atoms with Crippen molar-refractivity contribution in [2.24, 2.45) is 0 Å². The van der Waals surface area contributed by atoms with Crippen LogP contribution in [-0.4, -0.2) is 4.57 Å². The summed E-state index contributed by atoms with van der Waals surface area (Å²) in [6.45, 7) is 0. The standard InChI is InChI=1S/C58H36N2OS/c1-2-12-42(13-3-1)60-52-35-40(26-32-46(52)49-34-25-39-11-4-5-14-45(39)58(49)60)37-21-28-43(29-22-37)59(51-17-10-19-54-57(51)50-16-6-8-18-53(50)61-54)44-30-23-38(24-31-44)41-27-33-48-47-15-7-9-20-55(47)62-56(48)36-41/h1-36H. The summed E-state index contributed by atoms with van der Waals surface area (Å²) in [6, 6.07) is 79.2. The molecule has 0 aliphatic carbocycles. The maximum absolute atomic E-state index is 6.42. The number of nitrogens with zero attached hydrogens (tertiary/aromatic N) is 2. The van der Waals surface area contributed by atoms with Gasteiger partial charge in [0.15, 0.2) is 0 Å². The van der Waals surface area contributed by atoms with Crippen molar-refractivity contribution in [3.05, 3.63) is 218 Å². The van der Waals surface area contributed by atoms with E-state index in [1.54, 1.807) is 0 Å². The molecule has 0 fully saturated rings. The predicted octanol–water partition coefficient (Wildman–Crippen LogP) is 17.0. The Balaban J connectivity index is 0.939. The Morgan fingerprint density at radius 3 is 1.77 bits per heavy atom. The van der Waals surface area contributed by atoms with Gasteiger partial charge in [0.25, 0.3) is 0 Å². The van der Waals surface area contributed by atoms with E-state index in [1.807, 2.05) is 17.4 Å². The lowest BCUT2D eigenvalue weighted by Crippen LogP contribution is -2.10. The first kappa shape index (κ1) is 34.9. The molecule has 0 aliphatic rings. The predicted molar refractivity (Wildman–Crippen MR) is 264 cm³/mol. The van der Waals surface area contributed by atoms with E-state index in [0.717, 1.165) is 50.3 Å². The minimum Gasteiger partial charge on any atom is -0.456 e. The molecular weight excluding hydrogens is 773 g/mol. The van der Waals surface area contributed by atoms with Crippen molar-refractivity contribution >= 4 is 103 Å².